The summed E-state index contributed by atoms with van der Waals surface area (Å²) in [6.07, 6.45) is 3.23. The van der Waals surface area contributed by atoms with Crippen molar-refractivity contribution in [1.82, 2.24) is 19.9 Å². The average molecular weight is 192 g/mol. The van der Waals surface area contributed by atoms with E-state index in [4.69, 9.17) is 0 Å². The molecule has 1 aromatic rings. The third-order valence-electron chi connectivity index (χ3n) is 2.28. The number of anilines is 1. The molecule has 1 aromatic heterocycles. The minimum atomic E-state index is 0.647. The van der Waals surface area contributed by atoms with Gasteiger partial charge in [-0.05, 0) is 7.05 Å². The lowest BCUT2D eigenvalue weighted by Gasteiger charge is -2.32. The Morgan fingerprint density at radius 1 is 1.21 bits per heavy atom. The molecular formula is C9H14N5. The van der Waals surface area contributed by atoms with Crippen molar-refractivity contribution in [3.8, 4) is 0 Å². The van der Waals surface area contributed by atoms with Gasteiger partial charge in [-0.3, -0.25) is 5.43 Å². The second kappa shape index (κ2) is 4.34. The third kappa shape index (κ3) is 2.40. The van der Waals surface area contributed by atoms with Gasteiger partial charge in [0, 0.05) is 44.6 Å². The fourth-order valence-corrected chi connectivity index (χ4v) is 1.38. The molecule has 1 aliphatic heterocycles. The zero-order valence-electron chi connectivity index (χ0n) is 8.27. The van der Waals surface area contributed by atoms with Crippen LogP contribution in [0.25, 0.3) is 0 Å². The summed E-state index contributed by atoms with van der Waals surface area (Å²) in [6, 6.07) is 2.79. The normalized spacial score (nSPS) is 19.5. The standard InChI is InChI=1S/C9H14N5/c1-13-5-7-14(8-6-13)12-9-10-3-2-4-11-9/h3-4H,5-8H2,1H3,(H,10,11,12). The van der Waals surface area contributed by atoms with Gasteiger partial charge in [-0.2, -0.15) is 0 Å². The number of aromatic nitrogens is 2. The van der Waals surface area contributed by atoms with E-state index in [2.05, 4.69) is 38.4 Å². The van der Waals surface area contributed by atoms with Crippen LogP contribution in [0.3, 0.4) is 0 Å². The van der Waals surface area contributed by atoms with Crippen LogP contribution in [0, 0.1) is 6.07 Å². The molecule has 5 heteroatoms. The van der Waals surface area contributed by atoms with Crippen molar-refractivity contribution in [3.63, 3.8) is 0 Å². The summed E-state index contributed by atoms with van der Waals surface area (Å²) < 4.78 is 0. The SMILES string of the molecule is CN1CCN(Nc2nc[c]cn2)CC1. The second-order valence-corrected chi connectivity index (χ2v) is 3.41. The van der Waals surface area contributed by atoms with Crippen LogP contribution in [-0.2, 0) is 0 Å². The molecule has 0 aromatic carbocycles. The summed E-state index contributed by atoms with van der Waals surface area (Å²) in [6.45, 7) is 4.15. The first-order chi connectivity index (χ1) is 6.84. The number of rotatable bonds is 2. The topological polar surface area (TPSA) is 44.3 Å². The Morgan fingerprint density at radius 3 is 2.50 bits per heavy atom. The van der Waals surface area contributed by atoms with Gasteiger partial charge in [0.25, 0.3) is 0 Å². The number of hydrogen-bond acceptors (Lipinski definition) is 5. The molecule has 0 aliphatic carbocycles. The van der Waals surface area contributed by atoms with Gasteiger partial charge >= 0.3 is 0 Å². The van der Waals surface area contributed by atoms with Crippen LogP contribution in [0.1, 0.15) is 0 Å². The molecule has 0 saturated carbocycles. The average Bonchev–Trinajstić information content (AvgIpc) is 2.23. The smallest absolute Gasteiger partial charge is 0.237 e. The number of nitrogens with zero attached hydrogens (tertiary/aromatic N) is 4. The number of hydrogen-bond donors (Lipinski definition) is 1. The summed E-state index contributed by atoms with van der Waals surface area (Å²) in [4.78, 5) is 10.4. The molecule has 1 radical (unpaired) electrons. The van der Waals surface area contributed by atoms with Crippen LogP contribution in [0.2, 0.25) is 0 Å². The van der Waals surface area contributed by atoms with Crippen LogP contribution >= 0.6 is 0 Å². The maximum atomic E-state index is 4.06. The summed E-state index contributed by atoms with van der Waals surface area (Å²) in [7, 11) is 2.13. The summed E-state index contributed by atoms with van der Waals surface area (Å²) >= 11 is 0. The minimum Gasteiger partial charge on any atom is -0.304 e. The number of hydrazine groups is 1. The number of likely N-dealkylation sites (N-methyl/N-ethyl adjacent to an activating group) is 1. The third-order valence-corrected chi connectivity index (χ3v) is 2.28. The highest BCUT2D eigenvalue weighted by Gasteiger charge is 2.13. The lowest BCUT2D eigenvalue weighted by molar-refractivity contribution is 0.178. The molecule has 0 amide bonds. The van der Waals surface area contributed by atoms with Crippen molar-refractivity contribution < 1.29 is 0 Å². The zero-order chi connectivity index (χ0) is 9.80. The van der Waals surface area contributed by atoms with Crippen molar-refractivity contribution in [3.05, 3.63) is 18.5 Å². The number of piperazine rings is 1. The van der Waals surface area contributed by atoms with Crippen molar-refractivity contribution in [2.24, 2.45) is 0 Å². The first kappa shape index (κ1) is 9.36. The molecule has 2 rings (SSSR count). The molecule has 14 heavy (non-hydrogen) atoms. The van der Waals surface area contributed by atoms with E-state index in [1.54, 1.807) is 12.4 Å². The maximum absolute atomic E-state index is 4.06. The van der Waals surface area contributed by atoms with E-state index in [9.17, 15) is 0 Å². The van der Waals surface area contributed by atoms with Gasteiger partial charge in [0.2, 0.25) is 5.95 Å². The number of nitrogens with one attached hydrogen (secondary N) is 1. The maximum Gasteiger partial charge on any atom is 0.237 e. The van der Waals surface area contributed by atoms with E-state index >= 15 is 0 Å². The van der Waals surface area contributed by atoms with Crippen molar-refractivity contribution in [2.75, 3.05) is 38.7 Å². The quantitative estimate of drug-likeness (QED) is 0.706. The first-order valence-electron chi connectivity index (χ1n) is 4.73. The lowest BCUT2D eigenvalue weighted by Crippen LogP contribution is -2.47. The molecule has 0 bridgehead atoms. The molecule has 1 fully saturated rings. The van der Waals surface area contributed by atoms with E-state index in [1.807, 2.05) is 0 Å². The molecule has 2 heterocycles. The molecule has 1 saturated heterocycles. The van der Waals surface area contributed by atoms with Crippen molar-refractivity contribution in [1.29, 1.82) is 0 Å². The zero-order valence-corrected chi connectivity index (χ0v) is 8.27. The van der Waals surface area contributed by atoms with Crippen molar-refractivity contribution in [2.45, 2.75) is 0 Å². The first-order valence-corrected chi connectivity index (χ1v) is 4.73. The van der Waals surface area contributed by atoms with Crippen LogP contribution in [0.4, 0.5) is 5.95 Å². The molecule has 5 nitrogen and oxygen atoms in total. The Morgan fingerprint density at radius 2 is 1.86 bits per heavy atom. The highest BCUT2D eigenvalue weighted by atomic mass is 15.5. The molecule has 0 atom stereocenters. The summed E-state index contributed by atoms with van der Waals surface area (Å²) in [5.41, 5.74) is 3.17. The molecular weight excluding hydrogens is 178 g/mol. The highest BCUT2D eigenvalue weighted by molar-refractivity contribution is 5.20. The van der Waals surface area contributed by atoms with E-state index in [0.29, 0.717) is 5.95 Å². The Labute approximate surface area is 83.7 Å². The van der Waals surface area contributed by atoms with Gasteiger partial charge in [0.1, 0.15) is 0 Å². The van der Waals surface area contributed by atoms with Crippen molar-refractivity contribution >= 4 is 5.95 Å². The Hall–Kier alpha value is -1.20. The largest absolute Gasteiger partial charge is 0.304 e. The fourth-order valence-electron chi connectivity index (χ4n) is 1.38. The van der Waals surface area contributed by atoms with Gasteiger partial charge < -0.3 is 4.90 Å². The predicted octanol–water partition coefficient (Wildman–Crippen LogP) is -0.149. The molecule has 0 unspecified atom stereocenters. The van der Waals surface area contributed by atoms with E-state index in [0.717, 1.165) is 26.2 Å². The van der Waals surface area contributed by atoms with E-state index < -0.39 is 0 Å². The molecule has 1 aliphatic rings. The lowest BCUT2D eigenvalue weighted by atomic mass is 10.4. The Kier molecular flexibility index (Phi) is 2.90. The van der Waals surface area contributed by atoms with Gasteiger partial charge in [0.05, 0.1) is 0 Å². The second-order valence-electron chi connectivity index (χ2n) is 3.41. The minimum absolute atomic E-state index is 0.647. The summed E-state index contributed by atoms with van der Waals surface area (Å²) in [5.74, 6) is 0.647. The van der Waals surface area contributed by atoms with Crippen LogP contribution < -0.4 is 5.43 Å². The Balaban J connectivity index is 1.87. The van der Waals surface area contributed by atoms with Crippen LogP contribution in [-0.4, -0.2) is 53.1 Å². The Bertz CT molecular complexity index is 268. The monoisotopic (exact) mass is 192 g/mol. The highest BCUT2D eigenvalue weighted by Crippen LogP contribution is 2.01. The van der Waals surface area contributed by atoms with E-state index in [-0.39, 0.29) is 0 Å². The molecule has 0 spiro atoms. The molecule has 75 valence electrons. The van der Waals surface area contributed by atoms with Gasteiger partial charge in [-0.25, -0.2) is 15.0 Å². The predicted molar refractivity (Wildman–Crippen MR) is 53.6 cm³/mol. The fraction of sp³-hybridized carbons (Fsp3) is 0.556. The van der Waals surface area contributed by atoms with E-state index in [1.165, 1.54) is 0 Å². The van der Waals surface area contributed by atoms with Crippen LogP contribution in [0.15, 0.2) is 12.4 Å². The van der Waals surface area contributed by atoms with Gasteiger partial charge in [-0.15, -0.1) is 0 Å². The molecule has 1 N–H and O–H groups in total. The summed E-state index contributed by atoms with van der Waals surface area (Å²) in [5, 5.41) is 2.13. The van der Waals surface area contributed by atoms with Crippen LogP contribution in [0.5, 0.6) is 0 Å². The van der Waals surface area contributed by atoms with Gasteiger partial charge in [-0.1, -0.05) is 0 Å². The van der Waals surface area contributed by atoms with Gasteiger partial charge in [0.15, 0.2) is 0 Å².